The summed E-state index contributed by atoms with van der Waals surface area (Å²) >= 11 is 0. The first-order valence-electron chi connectivity index (χ1n) is 15.0. The van der Waals surface area contributed by atoms with Crippen molar-refractivity contribution in [1.29, 1.82) is 0 Å². The van der Waals surface area contributed by atoms with Crippen molar-refractivity contribution in [3.05, 3.63) is 71.8 Å². The number of rotatable bonds is 13. The minimum atomic E-state index is -1.12. The largest absolute Gasteiger partial charge is 0.449 e. The lowest BCUT2D eigenvalue weighted by Crippen LogP contribution is -2.56. The van der Waals surface area contributed by atoms with Crippen LogP contribution in [0.4, 0.5) is 9.59 Å². The number of hydrogen-bond acceptors (Lipinski definition) is 7. The van der Waals surface area contributed by atoms with Gasteiger partial charge in [-0.3, -0.25) is 4.79 Å². The normalized spacial score (nSPS) is 16.3. The fourth-order valence-corrected chi connectivity index (χ4v) is 4.78. The van der Waals surface area contributed by atoms with Crippen LogP contribution in [-0.2, 0) is 31.8 Å². The number of carbonyl (C=O) groups excluding carboxylic acids is 3. The molecule has 10 nitrogen and oxygen atoms in total. The molecule has 10 heteroatoms. The van der Waals surface area contributed by atoms with E-state index in [1.165, 1.54) is 0 Å². The van der Waals surface area contributed by atoms with Gasteiger partial charge in [0.1, 0.15) is 5.60 Å². The van der Waals surface area contributed by atoms with E-state index in [-0.39, 0.29) is 30.9 Å². The zero-order valence-electron chi connectivity index (χ0n) is 25.8. The Labute approximate surface area is 255 Å². The van der Waals surface area contributed by atoms with E-state index in [0.29, 0.717) is 45.6 Å². The third kappa shape index (κ3) is 12.6. The van der Waals surface area contributed by atoms with Crippen LogP contribution < -0.4 is 10.6 Å². The molecule has 2 aromatic rings. The Morgan fingerprint density at radius 2 is 1.44 bits per heavy atom. The topological polar surface area (TPSA) is 126 Å². The molecule has 1 fully saturated rings. The number of ether oxygens (including phenoxy) is 3. The number of nitrogens with one attached hydrogen (secondary N) is 2. The highest BCUT2D eigenvalue weighted by molar-refractivity contribution is 5.76. The number of hydrogen-bond donors (Lipinski definition) is 3. The molecule has 2 aromatic carbocycles. The van der Waals surface area contributed by atoms with Crippen LogP contribution in [0.3, 0.4) is 0 Å². The van der Waals surface area contributed by atoms with E-state index in [2.05, 4.69) is 10.6 Å². The van der Waals surface area contributed by atoms with Crippen LogP contribution in [0.5, 0.6) is 0 Å². The van der Waals surface area contributed by atoms with Gasteiger partial charge in [0, 0.05) is 19.5 Å². The average molecular weight is 598 g/mol. The van der Waals surface area contributed by atoms with Crippen LogP contribution in [-0.4, -0.2) is 84.8 Å². The number of aliphatic hydroxyl groups excluding tert-OH is 1. The number of aliphatic hydroxyl groups is 1. The maximum absolute atomic E-state index is 13.2. The minimum absolute atomic E-state index is 0.0344. The molecule has 3 amide bonds. The van der Waals surface area contributed by atoms with Crippen LogP contribution in [0.25, 0.3) is 0 Å². The number of carbonyl (C=O) groups is 3. The first-order valence-corrected chi connectivity index (χ1v) is 15.0. The van der Waals surface area contributed by atoms with Gasteiger partial charge in [-0.05, 0) is 57.1 Å². The van der Waals surface area contributed by atoms with Crippen molar-refractivity contribution in [2.45, 2.75) is 77.2 Å². The maximum atomic E-state index is 13.2. The lowest BCUT2D eigenvalue weighted by molar-refractivity contribution is -0.123. The van der Waals surface area contributed by atoms with E-state index >= 15 is 0 Å². The summed E-state index contributed by atoms with van der Waals surface area (Å²) in [4.78, 5) is 39.8. The average Bonchev–Trinajstić information content (AvgIpc) is 2.98. The van der Waals surface area contributed by atoms with Gasteiger partial charge in [0.25, 0.3) is 0 Å². The number of morpholine rings is 1. The highest BCUT2D eigenvalue weighted by Crippen LogP contribution is 2.16. The summed E-state index contributed by atoms with van der Waals surface area (Å²) < 4.78 is 16.2. The van der Waals surface area contributed by atoms with E-state index in [0.717, 1.165) is 11.1 Å². The third-order valence-corrected chi connectivity index (χ3v) is 7.09. The minimum Gasteiger partial charge on any atom is -0.449 e. The van der Waals surface area contributed by atoms with Crippen molar-refractivity contribution in [3.8, 4) is 0 Å². The second-order valence-electron chi connectivity index (χ2n) is 12.1. The molecule has 1 heterocycles. The van der Waals surface area contributed by atoms with Crippen LogP contribution >= 0.6 is 0 Å². The fourth-order valence-electron chi connectivity index (χ4n) is 4.78. The van der Waals surface area contributed by atoms with Crippen LogP contribution in [0, 0.1) is 5.92 Å². The van der Waals surface area contributed by atoms with Crippen molar-refractivity contribution in [1.82, 2.24) is 15.5 Å². The van der Waals surface area contributed by atoms with Gasteiger partial charge in [0.05, 0.1) is 38.0 Å². The molecule has 0 aromatic heterocycles. The van der Waals surface area contributed by atoms with Gasteiger partial charge in [0.2, 0.25) is 5.91 Å². The highest BCUT2D eigenvalue weighted by atomic mass is 16.6. The van der Waals surface area contributed by atoms with E-state index in [1.54, 1.807) is 25.7 Å². The summed E-state index contributed by atoms with van der Waals surface area (Å²) in [5, 5.41) is 17.5. The zero-order chi connectivity index (χ0) is 31.2. The van der Waals surface area contributed by atoms with Gasteiger partial charge >= 0.3 is 12.2 Å². The van der Waals surface area contributed by atoms with Gasteiger partial charge in [-0.15, -0.1) is 0 Å². The molecule has 3 N–H and O–H groups in total. The Kier molecular flexibility index (Phi) is 13.3. The molecular weight excluding hydrogens is 550 g/mol. The Hall–Kier alpha value is -3.63. The van der Waals surface area contributed by atoms with E-state index in [4.69, 9.17) is 14.2 Å². The fraction of sp³-hybridized carbons (Fsp3) is 0.545. The molecule has 1 aliphatic heterocycles. The quantitative estimate of drug-likeness (QED) is 0.317. The molecule has 0 aliphatic carbocycles. The molecule has 43 heavy (non-hydrogen) atoms. The van der Waals surface area contributed by atoms with Gasteiger partial charge in [-0.1, -0.05) is 67.6 Å². The summed E-state index contributed by atoms with van der Waals surface area (Å²) in [6.07, 6.45) is -0.735. The summed E-state index contributed by atoms with van der Waals surface area (Å²) in [7, 11) is 0. The van der Waals surface area contributed by atoms with Crippen LogP contribution in [0.15, 0.2) is 60.7 Å². The predicted molar refractivity (Wildman–Crippen MR) is 164 cm³/mol. The SMILES string of the molecule is CC(CCC(=O)NC(Cc1ccccc1)C(O)C(Cc1ccccc1)NC(=O)OC(C)(C)C)COC(=O)N1CCOCC1. The smallest absolute Gasteiger partial charge is 0.409 e. The zero-order valence-corrected chi connectivity index (χ0v) is 25.8. The van der Waals surface area contributed by atoms with E-state index in [1.807, 2.05) is 67.6 Å². The Morgan fingerprint density at radius 1 is 0.907 bits per heavy atom. The van der Waals surface area contributed by atoms with Crippen LogP contribution in [0.1, 0.15) is 51.7 Å². The summed E-state index contributed by atoms with van der Waals surface area (Å²) in [6.45, 7) is 9.48. The molecule has 0 radical (unpaired) electrons. The molecule has 4 unspecified atom stereocenters. The third-order valence-electron chi connectivity index (χ3n) is 7.09. The number of nitrogens with zero attached hydrogens (tertiary/aromatic N) is 1. The molecule has 0 bridgehead atoms. The van der Waals surface area contributed by atoms with Crippen molar-refractivity contribution < 1.29 is 33.7 Å². The number of benzene rings is 2. The lowest BCUT2D eigenvalue weighted by atomic mass is 9.92. The molecule has 4 atom stereocenters. The monoisotopic (exact) mass is 597 g/mol. The number of alkyl carbamates (subject to hydrolysis) is 1. The van der Waals surface area contributed by atoms with E-state index in [9.17, 15) is 19.5 Å². The molecular formula is C33H47N3O7. The Balaban J connectivity index is 1.66. The second-order valence-corrected chi connectivity index (χ2v) is 12.1. The maximum Gasteiger partial charge on any atom is 0.409 e. The summed E-state index contributed by atoms with van der Waals surface area (Å²) in [6, 6.07) is 17.7. The van der Waals surface area contributed by atoms with Gasteiger partial charge in [-0.25, -0.2) is 9.59 Å². The summed E-state index contributed by atoms with van der Waals surface area (Å²) in [5.41, 5.74) is 1.15. The van der Waals surface area contributed by atoms with Gasteiger partial charge in [-0.2, -0.15) is 0 Å². The molecule has 236 valence electrons. The first-order chi connectivity index (χ1) is 20.5. The molecule has 3 rings (SSSR count). The highest BCUT2D eigenvalue weighted by Gasteiger charge is 2.32. The van der Waals surface area contributed by atoms with Crippen molar-refractivity contribution in [2.75, 3.05) is 32.9 Å². The van der Waals surface area contributed by atoms with Crippen molar-refractivity contribution in [2.24, 2.45) is 5.92 Å². The Morgan fingerprint density at radius 3 is 1.98 bits per heavy atom. The second kappa shape index (κ2) is 16.9. The van der Waals surface area contributed by atoms with Gasteiger partial charge < -0.3 is 34.9 Å². The van der Waals surface area contributed by atoms with Crippen LogP contribution in [0.2, 0.25) is 0 Å². The molecule has 0 saturated carbocycles. The standard InChI is InChI=1S/C33H47N3O7/c1-24(23-42-32(40)36-17-19-41-20-18-36)15-16-29(37)34-27(21-25-11-7-5-8-12-25)30(38)28(22-26-13-9-6-10-14-26)35-31(39)43-33(2,3)4/h5-14,24,27-28,30,38H,15-23H2,1-4H3,(H,34,37)(H,35,39). The van der Waals surface area contributed by atoms with Crippen molar-refractivity contribution in [3.63, 3.8) is 0 Å². The van der Waals surface area contributed by atoms with Crippen molar-refractivity contribution >= 4 is 18.1 Å². The summed E-state index contributed by atoms with van der Waals surface area (Å²) in [5.74, 6) is -0.269. The van der Waals surface area contributed by atoms with E-state index < -0.39 is 29.9 Å². The van der Waals surface area contributed by atoms with Gasteiger partial charge in [0.15, 0.2) is 0 Å². The predicted octanol–water partition coefficient (Wildman–Crippen LogP) is 4.10. The first kappa shape index (κ1) is 33.9. The molecule has 0 spiro atoms. The Bertz CT molecular complexity index is 1130. The molecule has 1 aliphatic rings. The molecule has 1 saturated heterocycles. The lowest BCUT2D eigenvalue weighted by Gasteiger charge is -2.32. The number of amides is 3.